The molecule has 136 valence electrons. The van der Waals surface area contributed by atoms with Crippen LogP contribution in [0.25, 0.3) is 0 Å². The number of aliphatic hydroxyl groups is 1. The Bertz CT molecular complexity index is 878. The van der Waals surface area contributed by atoms with E-state index in [0.29, 0.717) is 16.5 Å². The predicted octanol–water partition coefficient (Wildman–Crippen LogP) is 4.05. The monoisotopic (exact) mass is 394 g/mol. The molecule has 2 unspecified atom stereocenters. The van der Waals surface area contributed by atoms with Gasteiger partial charge in [0.05, 0.1) is 11.8 Å². The van der Waals surface area contributed by atoms with Crippen LogP contribution in [0, 0.1) is 0 Å². The Morgan fingerprint density at radius 2 is 2.15 bits per heavy atom. The molecule has 1 amide bonds. The smallest absolute Gasteiger partial charge is 0.262 e. The lowest BCUT2D eigenvalue weighted by atomic mass is 9.81. The van der Waals surface area contributed by atoms with Crippen molar-refractivity contribution in [2.75, 3.05) is 0 Å². The van der Waals surface area contributed by atoms with Crippen molar-refractivity contribution in [2.24, 2.45) is 0 Å². The molecule has 0 bridgehead atoms. The highest BCUT2D eigenvalue weighted by Gasteiger charge is 2.50. The Labute approximate surface area is 160 Å². The maximum atomic E-state index is 15.6. The van der Waals surface area contributed by atoms with Gasteiger partial charge in [-0.1, -0.05) is 35.3 Å². The van der Waals surface area contributed by atoms with Crippen LogP contribution in [0.4, 0.5) is 4.39 Å². The lowest BCUT2D eigenvalue weighted by molar-refractivity contribution is -0.135. The third-order valence-electron chi connectivity index (χ3n) is 5.17. The molecular weight excluding hydrogens is 378 g/mol. The summed E-state index contributed by atoms with van der Waals surface area (Å²) >= 11 is 12.1. The van der Waals surface area contributed by atoms with Crippen molar-refractivity contribution < 1.29 is 14.3 Å². The Balaban J connectivity index is 1.52. The number of hydrogen-bond donors (Lipinski definition) is 2. The average molecular weight is 395 g/mol. The van der Waals surface area contributed by atoms with E-state index in [2.05, 4.69) is 10.3 Å². The van der Waals surface area contributed by atoms with Crippen molar-refractivity contribution in [1.29, 1.82) is 0 Å². The molecule has 0 spiro atoms. The van der Waals surface area contributed by atoms with E-state index >= 15 is 4.39 Å². The van der Waals surface area contributed by atoms with E-state index in [0.717, 1.165) is 5.56 Å². The standard InChI is InChI=1S/C19H17Cl2FN2O2/c20-10-3-4-11(14(21)8-10)12-9-15(12)24-18(26)19(22)6-5-16(25)17-13(19)2-1-7-23-17/h1-4,7-8,12,15-16,25H,5-6,9H2,(H,24,26)/t12-,15+,16?,19?/m0/s1. The molecule has 1 aromatic carbocycles. The molecule has 2 aliphatic rings. The summed E-state index contributed by atoms with van der Waals surface area (Å²) in [5, 5.41) is 13.9. The number of carbonyl (C=O) groups is 1. The maximum Gasteiger partial charge on any atom is 0.262 e. The normalized spacial score (nSPS) is 29.8. The van der Waals surface area contributed by atoms with Gasteiger partial charge in [0, 0.05) is 33.8 Å². The molecule has 2 aliphatic carbocycles. The number of nitrogens with zero attached hydrogens (tertiary/aromatic N) is 1. The second-order valence-corrected chi connectivity index (χ2v) is 7.72. The summed E-state index contributed by atoms with van der Waals surface area (Å²) in [4.78, 5) is 16.8. The number of amides is 1. The van der Waals surface area contributed by atoms with Crippen molar-refractivity contribution >= 4 is 29.1 Å². The minimum absolute atomic E-state index is 0.0508. The fourth-order valence-electron chi connectivity index (χ4n) is 3.64. The van der Waals surface area contributed by atoms with E-state index in [9.17, 15) is 9.90 Å². The molecule has 1 aromatic heterocycles. The van der Waals surface area contributed by atoms with Gasteiger partial charge in [-0.15, -0.1) is 0 Å². The lowest BCUT2D eigenvalue weighted by Crippen LogP contribution is -2.45. The summed E-state index contributed by atoms with van der Waals surface area (Å²) in [5.74, 6) is -0.633. The third kappa shape index (κ3) is 2.98. The van der Waals surface area contributed by atoms with Gasteiger partial charge in [-0.05, 0) is 43.0 Å². The van der Waals surface area contributed by atoms with Crippen molar-refractivity contribution in [3.8, 4) is 0 Å². The average Bonchev–Trinajstić information content (AvgIpc) is 3.37. The number of pyridine rings is 1. The molecule has 0 radical (unpaired) electrons. The summed E-state index contributed by atoms with van der Waals surface area (Å²) in [6.07, 6.45) is 1.43. The van der Waals surface area contributed by atoms with E-state index in [4.69, 9.17) is 23.2 Å². The van der Waals surface area contributed by atoms with Gasteiger partial charge in [0.2, 0.25) is 5.67 Å². The number of nitrogens with one attached hydrogen (secondary N) is 1. The van der Waals surface area contributed by atoms with Crippen LogP contribution in [0.3, 0.4) is 0 Å². The molecule has 7 heteroatoms. The minimum Gasteiger partial charge on any atom is -0.387 e. The predicted molar refractivity (Wildman–Crippen MR) is 97.0 cm³/mol. The quantitative estimate of drug-likeness (QED) is 0.824. The number of aromatic nitrogens is 1. The highest BCUT2D eigenvalue weighted by atomic mass is 35.5. The van der Waals surface area contributed by atoms with Crippen LogP contribution < -0.4 is 5.32 Å². The van der Waals surface area contributed by atoms with Crippen LogP contribution in [0.15, 0.2) is 36.5 Å². The SMILES string of the molecule is O=C(N[C@@H]1C[C@H]1c1ccc(Cl)cc1Cl)C1(F)CCC(O)c2ncccc21. The number of aliphatic hydroxyl groups excluding tert-OH is 1. The van der Waals surface area contributed by atoms with Crippen LogP contribution in [-0.4, -0.2) is 22.0 Å². The van der Waals surface area contributed by atoms with E-state index in [-0.39, 0.29) is 36.1 Å². The molecule has 1 fully saturated rings. The number of rotatable bonds is 3. The molecular formula is C19H17Cl2FN2O2. The summed E-state index contributed by atoms with van der Waals surface area (Å²) in [7, 11) is 0. The maximum absolute atomic E-state index is 15.6. The van der Waals surface area contributed by atoms with Gasteiger partial charge < -0.3 is 10.4 Å². The molecule has 0 aliphatic heterocycles. The van der Waals surface area contributed by atoms with Crippen LogP contribution in [0.2, 0.25) is 10.0 Å². The molecule has 4 rings (SSSR count). The first-order chi connectivity index (χ1) is 12.4. The largest absolute Gasteiger partial charge is 0.387 e. The van der Waals surface area contributed by atoms with E-state index < -0.39 is 17.7 Å². The van der Waals surface area contributed by atoms with Crippen molar-refractivity contribution in [3.63, 3.8) is 0 Å². The number of hydrogen-bond acceptors (Lipinski definition) is 3. The number of fused-ring (bicyclic) bond motifs is 1. The lowest BCUT2D eigenvalue weighted by Gasteiger charge is -2.32. The van der Waals surface area contributed by atoms with Crippen LogP contribution in [0.5, 0.6) is 0 Å². The Morgan fingerprint density at radius 1 is 1.35 bits per heavy atom. The summed E-state index contributed by atoms with van der Waals surface area (Å²) in [6, 6.07) is 8.18. The minimum atomic E-state index is -2.18. The van der Waals surface area contributed by atoms with Gasteiger partial charge in [0.25, 0.3) is 5.91 Å². The topological polar surface area (TPSA) is 62.2 Å². The molecule has 1 heterocycles. The fourth-order valence-corrected chi connectivity index (χ4v) is 4.19. The summed E-state index contributed by atoms with van der Waals surface area (Å²) in [6.45, 7) is 0. The first-order valence-corrected chi connectivity index (χ1v) is 9.24. The zero-order valence-corrected chi connectivity index (χ0v) is 15.3. The molecule has 2 aromatic rings. The first-order valence-electron chi connectivity index (χ1n) is 8.48. The Kier molecular flexibility index (Phi) is 4.41. The second kappa shape index (κ2) is 6.48. The van der Waals surface area contributed by atoms with Crippen LogP contribution >= 0.6 is 23.2 Å². The Hall–Kier alpha value is -1.69. The molecule has 2 N–H and O–H groups in total. The zero-order valence-electron chi connectivity index (χ0n) is 13.8. The summed E-state index contributed by atoms with van der Waals surface area (Å²) < 4.78 is 15.6. The number of alkyl halides is 1. The van der Waals surface area contributed by atoms with Gasteiger partial charge in [0.1, 0.15) is 0 Å². The highest BCUT2D eigenvalue weighted by molar-refractivity contribution is 6.35. The first kappa shape index (κ1) is 17.7. The third-order valence-corrected chi connectivity index (χ3v) is 5.73. The van der Waals surface area contributed by atoms with Gasteiger partial charge in [-0.3, -0.25) is 9.78 Å². The van der Waals surface area contributed by atoms with E-state index in [1.54, 1.807) is 18.2 Å². The number of benzene rings is 1. The summed E-state index contributed by atoms with van der Waals surface area (Å²) in [5.41, 5.74) is -0.891. The van der Waals surface area contributed by atoms with Gasteiger partial charge in [0.15, 0.2) is 0 Å². The fraction of sp³-hybridized carbons (Fsp3) is 0.368. The molecule has 1 saturated carbocycles. The van der Waals surface area contributed by atoms with Crippen molar-refractivity contribution in [1.82, 2.24) is 10.3 Å². The molecule has 4 nitrogen and oxygen atoms in total. The number of halogens is 3. The van der Waals surface area contributed by atoms with Crippen LogP contribution in [0.1, 0.15) is 48.1 Å². The Morgan fingerprint density at radius 3 is 2.92 bits per heavy atom. The van der Waals surface area contributed by atoms with Crippen molar-refractivity contribution in [2.45, 2.75) is 43.0 Å². The number of carbonyl (C=O) groups excluding carboxylic acids is 1. The van der Waals surface area contributed by atoms with Gasteiger partial charge >= 0.3 is 0 Å². The van der Waals surface area contributed by atoms with Crippen molar-refractivity contribution in [3.05, 3.63) is 63.4 Å². The van der Waals surface area contributed by atoms with E-state index in [1.165, 1.54) is 12.3 Å². The second-order valence-electron chi connectivity index (χ2n) is 6.88. The van der Waals surface area contributed by atoms with E-state index in [1.807, 2.05) is 6.07 Å². The molecule has 0 saturated heterocycles. The van der Waals surface area contributed by atoms with Gasteiger partial charge in [-0.2, -0.15) is 0 Å². The molecule has 26 heavy (non-hydrogen) atoms. The molecule has 4 atom stereocenters. The van der Waals surface area contributed by atoms with Gasteiger partial charge in [-0.25, -0.2) is 4.39 Å². The zero-order chi connectivity index (χ0) is 18.5. The van der Waals surface area contributed by atoms with Crippen LogP contribution in [-0.2, 0) is 10.5 Å². The highest BCUT2D eigenvalue weighted by Crippen LogP contribution is 2.46.